The molecule has 3 rings (SSSR count). The minimum Gasteiger partial charge on any atom is -0.386 e. The second-order valence-electron chi connectivity index (χ2n) is 5.77. The Kier molecular flexibility index (Phi) is 6.16. The predicted octanol–water partition coefficient (Wildman–Crippen LogP) is 3.12. The fraction of sp³-hybridized carbons (Fsp3) is 0.235. The summed E-state index contributed by atoms with van der Waals surface area (Å²) in [5, 5.41) is 2.85. The highest BCUT2D eigenvalue weighted by atomic mass is 79.9. The van der Waals surface area contributed by atoms with E-state index in [1.807, 2.05) is 31.2 Å². The van der Waals surface area contributed by atoms with Gasteiger partial charge in [-0.3, -0.25) is 9.79 Å². The van der Waals surface area contributed by atoms with Gasteiger partial charge in [-0.05, 0) is 52.7 Å². The van der Waals surface area contributed by atoms with Crippen LogP contribution in [0.2, 0.25) is 0 Å². The lowest BCUT2D eigenvalue weighted by Gasteiger charge is -2.30. The average molecular weight is 426 g/mol. The fourth-order valence-electron chi connectivity index (χ4n) is 2.52. The van der Waals surface area contributed by atoms with Crippen molar-refractivity contribution in [2.75, 3.05) is 18.5 Å². The molecule has 1 aliphatic rings. The van der Waals surface area contributed by atoms with E-state index in [4.69, 9.17) is 10.5 Å². The van der Waals surface area contributed by atoms with E-state index < -0.39 is 5.54 Å². The number of nitrogens with one attached hydrogen (secondary N) is 1. The molecule has 3 N–H and O–H groups in total. The topological polar surface area (TPSA) is 89.6 Å². The second kappa shape index (κ2) is 7.95. The normalized spacial score (nSPS) is 19.5. The number of amides is 1. The molecule has 1 aromatic carbocycles. The molecule has 1 unspecified atom stereocenters. The predicted molar refractivity (Wildman–Crippen MR) is 103 cm³/mol. The molecule has 0 saturated carbocycles. The first-order chi connectivity index (χ1) is 11.5. The maximum atomic E-state index is 12.3. The number of amidine groups is 1. The van der Waals surface area contributed by atoms with Crippen LogP contribution in [0.25, 0.3) is 0 Å². The molecule has 132 valence electrons. The second-order valence-corrected chi connectivity index (χ2v) is 6.68. The monoisotopic (exact) mass is 424 g/mol. The summed E-state index contributed by atoms with van der Waals surface area (Å²) in [4.78, 5) is 20.9. The van der Waals surface area contributed by atoms with E-state index in [0.29, 0.717) is 30.4 Å². The number of pyridine rings is 1. The molecule has 0 saturated heterocycles. The van der Waals surface area contributed by atoms with Crippen molar-refractivity contribution in [1.29, 1.82) is 0 Å². The van der Waals surface area contributed by atoms with Crippen LogP contribution in [0, 0.1) is 0 Å². The molecule has 0 spiro atoms. The number of carbonyl (C=O) groups excluding carboxylic acids is 1. The SMILES string of the molecule is CC1(c2cccc(NC(=O)c3ccc(Br)cn3)c2)COCC(N)=N1.Cl. The molecule has 8 heteroatoms. The first-order valence-electron chi connectivity index (χ1n) is 7.42. The lowest BCUT2D eigenvalue weighted by molar-refractivity contribution is 0.102. The number of carbonyl (C=O) groups is 1. The largest absolute Gasteiger partial charge is 0.386 e. The fourth-order valence-corrected chi connectivity index (χ4v) is 2.76. The summed E-state index contributed by atoms with van der Waals surface area (Å²) in [5.74, 6) is 0.199. The third kappa shape index (κ3) is 4.56. The average Bonchev–Trinajstić information content (AvgIpc) is 2.55. The standard InChI is InChI=1S/C17H17BrN4O2.ClH/c1-17(10-24-9-15(19)22-17)11-3-2-4-13(7-11)21-16(23)14-6-5-12(18)8-20-14;/h2-8H,9-10H2,1H3,(H2,19,22)(H,21,23);1H. The highest BCUT2D eigenvalue weighted by molar-refractivity contribution is 9.10. The molecule has 0 bridgehead atoms. The molecule has 25 heavy (non-hydrogen) atoms. The lowest BCUT2D eigenvalue weighted by Crippen LogP contribution is -2.37. The Hall–Kier alpha value is -1.96. The van der Waals surface area contributed by atoms with Crippen LogP contribution in [0.3, 0.4) is 0 Å². The molecular formula is C17H18BrClN4O2. The number of halogens is 2. The van der Waals surface area contributed by atoms with Crippen LogP contribution in [0.4, 0.5) is 5.69 Å². The van der Waals surface area contributed by atoms with Crippen LogP contribution in [-0.4, -0.2) is 29.9 Å². The summed E-state index contributed by atoms with van der Waals surface area (Å²) in [6, 6.07) is 10.9. The van der Waals surface area contributed by atoms with Crippen LogP contribution >= 0.6 is 28.3 Å². The van der Waals surface area contributed by atoms with Gasteiger partial charge in [0.15, 0.2) is 0 Å². The highest BCUT2D eigenvalue weighted by Gasteiger charge is 2.30. The van der Waals surface area contributed by atoms with Crippen molar-refractivity contribution in [3.8, 4) is 0 Å². The molecule has 1 atom stereocenters. The number of aliphatic imine (C=N–C) groups is 1. The molecule has 0 fully saturated rings. The van der Waals surface area contributed by atoms with Crippen molar-refractivity contribution < 1.29 is 9.53 Å². The number of nitrogens with zero attached hydrogens (tertiary/aromatic N) is 2. The van der Waals surface area contributed by atoms with Crippen molar-refractivity contribution in [3.05, 3.63) is 58.3 Å². The molecule has 2 heterocycles. The van der Waals surface area contributed by atoms with Crippen molar-refractivity contribution in [2.45, 2.75) is 12.5 Å². The molecular weight excluding hydrogens is 408 g/mol. The number of rotatable bonds is 3. The summed E-state index contributed by atoms with van der Waals surface area (Å²) >= 11 is 3.30. The zero-order valence-corrected chi connectivity index (χ0v) is 15.9. The summed E-state index contributed by atoms with van der Waals surface area (Å²) < 4.78 is 6.32. The third-order valence-corrected chi connectivity index (χ3v) is 4.19. The van der Waals surface area contributed by atoms with Crippen LogP contribution in [0.1, 0.15) is 23.0 Å². The van der Waals surface area contributed by atoms with Crippen LogP contribution in [0.5, 0.6) is 0 Å². The zero-order valence-electron chi connectivity index (χ0n) is 13.5. The molecule has 1 amide bonds. The summed E-state index contributed by atoms with van der Waals surface area (Å²) in [7, 11) is 0. The van der Waals surface area contributed by atoms with E-state index in [-0.39, 0.29) is 18.3 Å². The minimum absolute atomic E-state index is 0. The van der Waals surface area contributed by atoms with Gasteiger partial charge in [0.2, 0.25) is 0 Å². The first-order valence-corrected chi connectivity index (χ1v) is 8.21. The van der Waals surface area contributed by atoms with Gasteiger partial charge in [-0.15, -0.1) is 12.4 Å². The van der Waals surface area contributed by atoms with Gasteiger partial charge in [0.25, 0.3) is 5.91 Å². The van der Waals surface area contributed by atoms with Crippen molar-refractivity contribution >= 4 is 45.8 Å². The van der Waals surface area contributed by atoms with E-state index in [1.54, 1.807) is 18.3 Å². The van der Waals surface area contributed by atoms with Crippen LogP contribution in [-0.2, 0) is 10.3 Å². The van der Waals surface area contributed by atoms with Crippen molar-refractivity contribution in [1.82, 2.24) is 4.98 Å². The third-order valence-electron chi connectivity index (χ3n) is 3.73. The first kappa shape index (κ1) is 19.4. The van der Waals surface area contributed by atoms with Gasteiger partial charge in [0.05, 0.1) is 6.61 Å². The Bertz CT molecular complexity index is 797. The van der Waals surface area contributed by atoms with Gasteiger partial charge in [0, 0.05) is 16.4 Å². The number of nitrogens with two attached hydrogens (primary N) is 1. The number of hydrogen-bond acceptors (Lipinski definition) is 5. The smallest absolute Gasteiger partial charge is 0.274 e. The molecule has 0 aliphatic carbocycles. The van der Waals surface area contributed by atoms with Crippen LogP contribution < -0.4 is 11.1 Å². The number of aromatic nitrogens is 1. The van der Waals surface area contributed by atoms with Gasteiger partial charge >= 0.3 is 0 Å². The van der Waals surface area contributed by atoms with Gasteiger partial charge in [-0.2, -0.15) is 0 Å². The Balaban J connectivity index is 0.00000225. The van der Waals surface area contributed by atoms with E-state index in [1.165, 1.54) is 0 Å². The molecule has 1 aromatic heterocycles. The Morgan fingerprint density at radius 2 is 2.16 bits per heavy atom. The van der Waals surface area contributed by atoms with Gasteiger partial charge in [0.1, 0.15) is 23.7 Å². The molecule has 6 nitrogen and oxygen atoms in total. The van der Waals surface area contributed by atoms with Crippen molar-refractivity contribution in [2.24, 2.45) is 10.7 Å². The lowest BCUT2D eigenvalue weighted by atomic mass is 9.92. The Morgan fingerprint density at radius 1 is 1.36 bits per heavy atom. The molecule has 0 radical (unpaired) electrons. The van der Waals surface area contributed by atoms with E-state index in [2.05, 4.69) is 31.2 Å². The number of benzene rings is 1. The molecule has 2 aromatic rings. The van der Waals surface area contributed by atoms with Gasteiger partial charge in [-0.25, -0.2) is 4.98 Å². The van der Waals surface area contributed by atoms with E-state index in [0.717, 1.165) is 10.0 Å². The minimum atomic E-state index is -0.557. The van der Waals surface area contributed by atoms with E-state index >= 15 is 0 Å². The number of anilines is 1. The van der Waals surface area contributed by atoms with Gasteiger partial charge < -0.3 is 15.8 Å². The van der Waals surface area contributed by atoms with Crippen LogP contribution in [0.15, 0.2) is 52.1 Å². The summed E-state index contributed by atoms with van der Waals surface area (Å²) in [5.41, 5.74) is 7.18. The highest BCUT2D eigenvalue weighted by Crippen LogP contribution is 2.30. The van der Waals surface area contributed by atoms with Gasteiger partial charge in [-0.1, -0.05) is 12.1 Å². The number of ether oxygens (including phenoxy) is 1. The zero-order chi connectivity index (χ0) is 17.2. The molecule has 1 aliphatic heterocycles. The maximum absolute atomic E-state index is 12.3. The van der Waals surface area contributed by atoms with E-state index in [9.17, 15) is 4.79 Å². The number of hydrogen-bond donors (Lipinski definition) is 2. The van der Waals surface area contributed by atoms with Crippen molar-refractivity contribution in [3.63, 3.8) is 0 Å². The maximum Gasteiger partial charge on any atom is 0.274 e. The Labute approximate surface area is 160 Å². The Morgan fingerprint density at radius 3 is 2.84 bits per heavy atom. The summed E-state index contributed by atoms with van der Waals surface area (Å²) in [6.07, 6.45) is 1.59. The quantitative estimate of drug-likeness (QED) is 0.790. The summed E-state index contributed by atoms with van der Waals surface area (Å²) in [6.45, 7) is 2.75.